The standard InChI is InChI=1S/C18H26N6O/c1-3-12(2)21-16(25)13-7-9-23(10-8-13)17-14-5-4-6-15(14)22-18-19-11-20-24(17)18/h11-13H,3-10H2,1-2H3,(H,21,25)/t12-/m0/s1. The Kier molecular flexibility index (Phi) is 4.31. The number of nitrogens with one attached hydrogen (secondary N) is 1. The van der Waals surface area contributed by atoms with Crippen molar-refractivity contribution in [3.63, 3.8) is 0 Å². The van der Waals surface area contributed by atoms with Crippen LogP contribution < -0.4 is 10.2 Å². The van der Waals surface area contributed by atoms with Crippen molar-refractivity contribution in [3.05, 3.63) is 17.6 Å². The van der Waals surface area contributed by atoms with Crippen LogP contribution in [0, 0.1) is 5.92 Å². The highest BCUT2D eigenvalue weighted by Gasteiger charge is 2.30. The van der Waals surface area contributed by atoms with Crippen LogP contribution in [0.4, 0.5) is 5.82 Å². The number of anilines is 1. The van der Waals surface area contributed by atoms with Gasteiger partial charge in [-0.2, -0.15) is 14.6 Å². The van der Waals surface area contributed by atoms with Gasteiger partial charge in [0.1, 0.15) is 12.1 Å². The van der Waals surface area contributed by atoms with Crippen molar-refractivity contribution in [1.29, 1.82) is 0 Å². The van der Waals surface area contributed by atoms with E-state index in [1.54, 1.807) is 6.33 Å². The van der Waals surface area contributed by atoms with Gasteiger partial charge in [-0.3, -0.25) is 4.79 Å². The number of aryl methyl sites for hydroxylation is 1. The number of carbonyl (C=O) groups is 1. The minimum Gasteiger partial charge on any atom is -0.356 e. The lowest BCUT2D eigenvalue weighted by atomic mass is 9.95. The van der Waals surface area contributed by atoms with E-state index in [9.17, 15) is 4.79 Å². The smallest absolute Gasteiger partial charge is 0.254 e. The van der Waals surface area contributed by atoms with E-state index in [-0.39, 0.29) is 17.9 Å². The summed E-state index contributed by atoms with van der Waals surface area (Å²) < 4.78 is 1.88. The molecular weight excluding hydrogens is 316 g/mol. The molecule has 1 N–H and O–H groups in total. The molecule has 1 amide bonds. The zero-order valence-corrected chi connectivity index (χ0v) is 15.0. The van der Waals surface area contributed by atoms with Crippen LogP contribution in [-0.4, -0.2) is 44.6 Å². The predicted molar refractivity (Wildman–Crippen MR) is 95.6 cm³/mol. The number of rotatable bonds is 4. The van der Waals surface area contributed by atoms with Gasteiger partial charge in [0.15, 0.2) is 0 Å². The van der Waals surface area contributed by atoms with Gasteiger partial charge >= 0.3 is 0 Å². The molecule has 134 valence electrons. The Bertz CT molecular complexity index is 777. The first-order valence-corrected chi connectivity index (χ1v) is 9.44. The van der Waals surface area contributed by atoms with Gasteiger partial charge in [-0.1, -0.05) is 6.92 Å². The first-order valence-electron chi connectivity index (χ1n) is 9.44. The zero-order valence-electron chi connectivity index (χ0n) is 15.0. The highest BCUT2D eigenvalue weighted by atomic mass is 16.1. The molecule has 0 bridgehead atoms. The largest absolute Gasteiger partial charge is 0.356 e. The number of fused-ring (bicyclic) bond motifs is 2. The van der Waals surface area contributed by atoms with Gasteiger partial charge in [-0.25, -0.2) is 4.98 Å². The van der Waals surface area contributed by atoms with Crippen LogP contribution in [-0.2, 0) is 17.6 Å². The number of nitrogens with zero attached hydrogens (tertiary/aromatic N) is 5. The third kappa shape index (κ3) is 2.96. The zero-order chi connectivity index (χ0) is 17.4. The Morgan fingerprint density at radius 3 is 2.92 bits per heavy atom. The van der Waals surface area contributed by atoms with Crippen LogP contribution in [0.5, 0.6) is 0 Å². The summed E-state index contributed by atoms with van der Waals surface area (Å²) >= 11 is 0. The highest BCUT2D eigenvalue weighted by Crippen LogP contribution is 2.32. The normalized spacial score (nSPS) is 19.2. The molecule has 2 aromatic heterocycles. The van der Waals surface area contributed by atoms with Crippen molar-refractivity contribution in [2.45, 2.75) is 58.4 Å². The van der Waals surface area contributed by atoms with Crippen LogP contribution in [0.15, 0.2) is 6.33 Å². The lowest BCUT2D eigenvalue weighted by molar-refractivity contribution is -0.126. The first kappa shape index (κ1) is 16.3. The van der Waals surface area contributed by atoms with E-state index in [2.05, 4.69) is 39.1 Å². The van der Waals surface area contributed by atoms with E-state index in [4.69, 9.17) is 0 Å². The summed E-state index contributed by atoms with van der Waals surface area (Å²) in [6, 6.07) is 0.253. The fraction of sp³-hybridized carbons (Fsp3) is 0.667. The van der Waals surface area contributed by atoms with Crippen molar-refractivity contribution in [2.75, 3.05) is 18.0 Å². The monoisotopic (exact) mass is 342 g/mol. The molecule has 2 aliphatic rings. The second kappa shape index (κ2) is 6.61. The van der Waals surface area contributed by atoms with Gasteiger partial charge < -0.3 is 10.2 Å². The molecule has 2 aromatic rings. The molecule has 4 rings (SSSR count). The molecule has 0 saturated carbocycles. The van der Waals surface area contributed by atoms with Gasteiger partial charge in [0.2, 0.25) is 5.91 Å². The maximum absolute atomic E-state index is 12.4. The molecule has 0 aromatic carbocycles. The van der Waals surface area contributed by atoms with Crippen molar-refractivity contribution in [3.8, 4) is 0 Å². The predicted octanol–water partition coefficient (Wildman–Crippen LogP) is 1.74. The summed E-state index contributed by atoms with van der Waals surface area (Å²) in [6.45, 7) is 5.92. The molecule has 0 unspecified atom stereocenters. The Labute approximate surface area is 147 Å². The molecule has 1 aliphatic carbocycles. The average Bonchev–Trinajstić information content (AvgIpc) is 3.28. The number of aromatic nitrogens is 4. The Morgan fingerprint density at radius 2 is 2.16 bits per heavy atom. The third-order valence-electron chi connectivity index (χ3n) is 5.59. The number of piperidine rings is 1. The quantitative estimate of drug-likeness (QED) is 0.916. The van der Waals surface area contributed by atoms with E-state index < -0.39 is 0 Å². The van der Waals surface area contributed by atoms with Crippen molar-refractivity contribution >= 4 is 17.5 Å². The molecule has 1 saturated heterocycles. The second-order valence-electron chi connectivity index (χ2n) is 7.27. The lowest BCUT2D eigenvalue weighted by Crippen LogP contribution is -2.43. The lowest BCUT2D eigenvalue weighted by Gasteiger charge is -2.34. The maximum Gasteiger partial charge on any atom is 0.254 e. The van der Waals surface area contributed by atoms with Gasteiger partial charge in [0, 0.05) is 30.6 Å². The van der Waals surface area contributed by atoms with Crippen molar-refractivity contribution in [2.24, 2.45) is 5.92 Å². The fourth-order valence-electron chi connectivity index (χ4n) is 3.94. The summed E-state index contributed by atoms with van der Waals surface area (Å²) in [7, 11) is 0. The van der Waals surface area contributed by atoms with Gasteiger partial charge in [0.25, 0.3) is 5.78 Å². The molecule has 1 aliphatic heterocycles. The van der Waals surface area contributed by atoms with Gasteiger partial charge in [-0.15, -0.1) is 0 Å². The minimum absolute atomic E-state index is 0.117. The summed E-state index contributed by atoms with van der Waals surface area (Å²) in [5.41, 5.74) is 2.49. The molecule has 25 heavy (non-hydrogen) atoms. The van der Waals surface area contributed by atoms with E-state index in [0.29, 0.717) is 5.78 Å². The SMILES string of the molecule is CC[C@H](C)NC(=O)C1CCN(c2c3c(nc4ncnn24)CCC3)CC1. The van der Waals surface area contributed by atoms with Crippen LogP contribution in [0.2, 0.25) is 0 Å². The van der Waals surface area contributed by atoms with Gasteiger partial charge in [-0.05, 0) is 45.4 Å². The molecule has 1 fully saturated rings. The van der Waals surface area contributed by atoms with Crippen molar-refractivity contribution < 1.29 is 4.79 Å². The number of amides is 1. The van der Waals surface area contributed by atoms with Gasteiger partial charge in [0.05, 0.1) is 5.69 Å². The van der Waals surface area contributed by atoms with Crippen LogP contribution in [0.1, 0.15) is 50.8 Å². The average molecular weight is 342 g/mol. The fourth-order valence-corrected chi connectivity index (χ4v) is 3.94. The first-order chi connectivity index (χ1) is 12.2. The second-order valence-corrected chi connectivity index (χ2v) is 7.27. The Balaban J connectivity index is 1.53. The maximum atomic E-state index is 12.4. The number of carbonyl (C=O) groups excluding carboxylic acids is 1. The third-order valence-corrected chi connectivity index (χ3v) is 5.59. The van der Waals surface area contributed by atoms with Crippen LogP contribution in [0.25, 0.3) is 5.78 Å². The van der Waals surface area contributed by atoms with Crippen LogP contribution in [0.3, 0.4) is 0 Å². The van der Waals surface area contributed by atoms with E-state index in [1.165, 1.54) is 11.3 Å². The molecular formula is C18H26N6O. The van der Waals surface area contributed by atoms with E-state index in [1.807, 2.05) is 4.52 Å². The topological polar surface area (TPSA) is 75.4 Å². The molecule has 0 radical (unpaired) electrons. The Hall–Kier alpha value is -2.18. The molecule has 7 nitrogen and oxygen atoms in total. The molecule has 3 heterocycles. The Morgan fingerprint density at radius 1 is 1.36 bits per heavy atom. The van der Waals surface area contributed by atoms with Crippen molar-refractivity contribution in [1.82, 2.24) is 24.9 Å². The molecule has 1 atom stereocenters. The number of hydrogen-bond acceptors (Lipinski definition) is 5. The molecule has 7 heteroatoms. The summed E-state index contributed by atoms with van der Waals surface area (Å²) in [4.78, 5) is 23.7. The molecule has 0 spiro atoms. The van der Waals surface area contributed by atoms with E-state index >= 15 is 0 Å². The van der Waals surface area contributed by atoms with E-state index in [0.717, 1.165) is 57.4 Å². The summed E-state index contributed by atoms with van der Waals surface area (Å²) in [6.07, 6.45) is 7.55. The van der Waals surface area contributed by atoms with Crippen LogP contribution >= 0.6 is 0 Å². The highest BCUT2D eigenvalue weighted by molar-refractivity contribution is 5.79. The summed E-state index contributed by atoms with van der Waals surface area (Å²) in [5, 5.41) is 7.52. The minimum atomic E-state index is 0.117. The number of hydrogen-bond donors (Lipinski definition) is 1. The summed E-state index contributed by atoms with van der Waals surface area (Å²) in [5.74, 6) is 2.16.